The summed E-state index contributed by atoms with van der Waals surface area (Å²) in [5, 5.41) is 0.723. The smallest absolute Gasteiger partial charge is 0.232 e. The summed E-state index contributed by atoms with van der Waals surface area (Å²) in [4.78, 5) is 22.0. The van der Waals surface area contributed by atoms with Crippen LogP contribution in [0.25, 0.3) is 10.2 Å². The van der Waals surface area contributed by atoms with Crippen molar-refractivity contribution in [3.63, 3.8) is 0 Å². The Bertz CT molecular complexity index is 964. The van der Waals surface area contributed by atoms with Gasteiger partial charge >= 0.3 is 0 Å². The van der Waals surface area contributed by atoms with E-state index in [1.165, 1.54) is 11.3 Å². The molecule has 0 fully saturated rings. The number of hydrogen-bond donors (Lipinski definition) is 0. The minimum atomic E-state index is 0. The van der Waals surface area contributed by atoms with Gasteiger partial charge < -0.3 is 14.4 Å². The Kier molecular flexibility index (Phi) is 10.7. The van der Waals surface area contributed by atoms with Crippen molar-refractivity contribution in [1.29, 1.82) is 0 Å². The molecule has 0 radical (unpaired) electrons. The highest BCUT2D eigenvalue weighted by Gasteiger charge is 2.20. The van der Waals surface area contributed by atoms with Crippen LogP contribution in [0.3, 0.4) is 0 Å². The molecule has 3 rings (SSSR count). The Hall–Kier alpha value is -2.35. The molecule has 0 saturated carbocycles. The van der Waals surface area contributed by atoms with Crippen LogP contribution in [-0.2, 0) is 4.79 Å². The summed E-state index contributed by atoms with van der Waals surface area (Å²) in [6.45, 7) is 10.5. The monoisotopic (exact) mass is 477 g/mol. The number of ether oxygens (including phenoxy) is 2. The van der Waals surface area contributed by atoms with Crippen LogP contribution in [0.1, 0.15) is 27.2 Å². The van der Waals surface area contributed by atoms with Crippen LogP contribution in [-0.4, -0.2) is 55.2 Å². The number of para-hydroxylation sites is 1. The molecule has 0 aliphatic heterocycles. The number of carbonyl (C=O) groups is 1. The highest BCUT2D eigenvalue weighted by atomic mass is 35.5. The Morgan fingerprint density at radius 2 is 1.72 bits per heavy atom. The zero-order valence-corrected chi connectivity index (χ0v) is 20.6. The summed E-state index contributed by atoms with van der Waals surface area (Å²) < 4.78 is 12.4. The number of aromatic nitrogens is 1. The number of rotatable bonds is 12. The number of nitrogens with zero attached hydrogens (tertiary/aromatic N) is 3. The van der Waals surface area contributed by atoms with Crippen LogP contribution in [0, 0.1) is 0 Å². The first kappa shape index (κ1) is 25.9. The third-order valence-electron chi connectivity index (χ3n) is 5.05. The van der Waals surface area contributed by atoms with E-state index in [1.807, 2.05) is 55.5 Å². The normalized spacial score (nSPS) is 10.8. The average Bonchev–Trinajstić information content (AvgIpc) is 3.20. The van der Waals surface area contributed by atoms with Crippen molar-refractivity contribution in [3.8, 4) is 11.5 Å². The zero-order chi connectivity index (χ0) is 22.1. The lowest BCUT2D eigenvalue weighted by Gasteiger charge is -2.24. The maximum absolute atomic E-state index is 13.1. The number of fused-ring (bicyclic) bond motifs is 1. The number of halogens is 1. The van der Waals surface area contributed by atoms with E-state index in [-0.39, 0.29) is 18.3 Å². The molecule has 3 aromatic rings. The van der Waals surface area contributed by atoms with Gasteiger partial charge in [-0.05, 0) is 50.3 Å². The molecule has 1 aromatic heterocycles. The van der Waals surface area contributed by atoms with Gasteiger partial charge in [-0.2, -0.15) is 0 Å². The predicted molar refractivity (Wildman–Crippen MR) is 135 cm³/mol. The van der Waals surface area contributed by atoms with Gasteiger partial charge in [-0.15, -0.1) is 12.4 Å². The molecule has 1 heterocycles. The summed E-state index contributed by atoms with van der Waals surface area (Å²) in [5.74, 6) is 1.61. The molecule has 0 aliphatic carbocycles. The molecule has 8 heteroatoms. The number of amides is 1. The van der Waals surface area contributed by atoms with Crippen molar-refractivity contribution in [3.05, 3.63) is 48.5 Å². The van der Waals surface area contributed by atoms with Gasteiger partial charge in [-0.1, -0.05) is 43.4 Å². The Balaban J connectivity index is 0.00000363. The van der Waals surface area contributed by atoms with Gasteiger partial charge in [0.1, 0.15) is 11.5 Å². The van der Waals surface area contributed by atoms with Crippen LogP contribution in [0.4, 0.5) is 5.13 Å². The largest absolute Gasteiger partial charge is 0.494 e. The number of carbonyl (C=O) groups excluding carboxylic acids is 1. The summed E-state index contributed by atoms with van der Waals surface area (Å²) in [6.07, 6.45) is 0.299. The standard InChI is InChI=1S/C24H31N3O3S.ClH/c1-4-26(5-2)15-16-27(23(28)14-17-30-19-10-8-7-9-11-19)24-25-21-13-12-20(29-6-3)18-22(21)31-24;/h7-13,18H,4-6,14-17H2,1-3H3;1H. The van der Waals surface area contributed by atoms with E-state index in [0.29, 0.717) is 26.2 Å². The fraction of sp³-hybridized carbons (Fsp3) is 0.417. The van der Waals surface area contributed by atoms with Gasteiger partial charge in [0.15, 0.2) is 5.13 Å². The molecule has 0 atom stereocenters. The lowest BCUT2D eigenvalue weighted by atomic mass is 10.3. The molecule has 0 saturated heterocycles. The second kappa shape index (κ2) is 13.3. The van der Waals surface area contributed by atoms with E-state index in [2.05, 4.69) is 18.7 Å². The van der Waals surface area contributed by atoms with Crippen LogP contribution < -0.4 is 14.4 Å². The van der Waals surface area contributed by atoms with Crippen LogP contribution in [0.15, 0.2) is 48.5 Å². The fourth-order valence-corrected chi connectivity index (χ4v) is 4.32. The van der Waals surface area contributed by atoms with Crippen molar-refractivity contribution >= 4 is 45.0 Å². The third-order valence-corrected chi connectivity index (χ3v) is 6.09. The maximum atomic E-state index is 13.1. The number of benzene rings is 2. The van der Waals surface area contributed by atoms with Crippen LogP contribution in [0.2, 0.25) is 0 Å². The topological polar surface area (TPSA) is 54.9 Å². The molecular weight excluding hydrogens is 446 g/mol. The first-order valence-corrected chi connectivity index (χ1v) is 11.7. The van der Waals surface area contributed by atoms with E-state index in [4.69, 9.17) is 14.5 Å². The molecule has 6 nitrogen and oxygen atoms in total. The van der Waals surface area contributed by atoms with E-state index < -0.39 is 0 Å². The minimum absolute atomic E-state index is 0. The quantitative estimate of drug-likeness (QED) is 0.356. The molecule has 0 N–H and O–H groups in total. The third kappa shape index (κ3) is 7.08. The van der Waals surface area contributed by atoms with E-state index in [9.17, 15) is 4.79 Å². The van der Waals surface area contributed by atoms with Gasteiger partial charge in [-0.3, -0.25) is 9.69 Å². The van der Waals surface area contributed by atoms with Gasteiger partial charge in [-0.25, -0.2) is 4.98 Å². The molecule has 1 amide bonds. The number of likely N-dealkylation sites (N-methyl/N-ethyl adjacent to an activating group) is 1. The van der Waals surface area contributed by atoms with Crippen molar-refractivity contribution in [2.45, 2.75) is 27.2 Å². The van der Waals surface area contributed by atoms with Crippen molar-refractivity contribution in [2.75, 3.05) is 44.3 Å². The predicted octanol–water partition coefficient (Wildman–Crippen LogP) is 5.26. The zero-order valence-electron chi connectivity index (χ0n) is 19.0. The number of anilines is 1. The summed E-state index contributed by atoms with van der Waals surface area (Å²) in [5.41, 5.74) is 0.879. The second-order valence-electron chi connectivity index (χ2n) is 7.04. The average molecular weight is 478 g/mol. The lowest BCUT2D eigenvalue weighted by Crippen LogP contribution is -2.39. The fourth-order valence-electron chi connectivity index (χ4n) is 3.28. The summed E-state index contributed by atoms with van der Waals surface area (Å²) >= 11 is 1.53. The Morgan fingerprint density at radius 1 is 0.969 bits per heavy atom. The molecular formula is C24H32ClN3O3S. The van der Waals surface area contributed by atoms with Crippen molar-refractivity contribution in [1.82, 2.24) is 9.88 Å². The van der Waals surface area contributed by atoms with Crippen molar-refractivity contribution in [2.24, 2.45) is 0 Å². The molecule has 0 unspecified atom stereocenters. The molecule has 2 aromatic carbocycles. The van der Waals surface area contributed by atoms with Gasteiger partial charge in [0.25, 0.3) is 0 Å². The second-order valence-corrected chi connectivity index (χ2v) is 8.05. The number of thiazole rings is 1. The van der Waals surface area contributed by atoms with Crippen LogP contribution >= 0.6 is 23.7 Å². The van der Waals surface area contributed by atoms with E-state index in [0.717, 1.165) is 46.5 Å². The van der Waals surface area contributed by atoms with E-state index in [1.54, 1.807) is 4.90 Å². The summed E-state index contributed by atoms with van der Waals surface area (Å²) in [6, 6.07) is 15.4. The highest BCUT2D eigenvalue weighted by Crippen LogP contribution is 2.32. The van der Waals surface area contributed by atoms with E-state index >= 15 is 0 Å². The molecule has 0 bridgehead atoms. The molecule has 0 aliphatic rings. The van der Waals surface area contributed by atoms with Crippen LogP contribution in [0.5, 0.6) is 11.5 Å². The number of hydrogen-bond acceptors (Lipinski definition) is 6. The molecule has 32 heavy (non-hydrogen) atoms. The molecule has 174 valence electrons. The van der Waals surface area contributed by atoms with Gasteiger partial charge in [0, 0.05) is 13.1 Å². The summed E-state index contributed by atoms with van der Waals surface area (Å²) in [7, 11) is 0. The van der Waals surface area contributed by atoms with Gasteiger partial charge in [0.05, 0.1) is 29.9 Å². The SMILES string of the molecule is CCOc1ccc2nc(N(CCN(CC)CC)C(=O)CCOc3ccccc3)sc2c1.Cl. The van der Waals surface area contributed by atoms with Gasteiger partial charge in [0.2, 0.25) is 5.91 Å². The molecule has 0 spiro atoms. The lowest BCUT2D eigenvalue weighted by molar-refractivity contribution is -0.119. The maximum Gasteiger partial charge on any atom is 0.232 e. The minimum Gasteiger partial charge on any atom is -0.494 e. The first-order chi connectivity index (χ1) is 15.1. The highest BCUT2D eigenvalue weighted by molar-refractivity contribution is 7.22. The van der Waals surface area contributed by atoms with Crippen molar-refractivity contribution < 1.29 is 14.3 Å². The first-order valence-electron chi connectivity index (χ1n) is 10.9. The Morgan fingerprint density at radius 3 is 2.41 bits per heavy atom. The Labute approximate surface area is 200 Å².